The fraction of sp³-hybridized carbons (Fsp3) is 0.538. The van der Waals surface area contributed by atoms with Gasteiger partial charge in [-0.3, -0.25) is 9.46 Å². The van der Waals surface area contributed by atoms with Crippen LogP contribution in [0.15, 0.2) is 29.2 Å². The number of aryl methyl sites for hydroxylation is 1. The summed E-state index contributed by atoms with van der Waals surface area (Å²) in [6.07, 6.45) is 0. The highest BCUT2D eigenvalue weighted by Crippen LogP contribution is 2.08. The van der Waals surface area contributed by atoms with E-state index in [1.165, 1.54) is 17.0 Å². The summed E-state index contributed by atoms with van der Waals surface area (Å²) in [5.74, 6) is 0. The van der Waals surface area contributed by atoms with Crippen LogP contribution in [0.3, 0.4) is 0 Å². The van der Waals surface area contributed by atoms with Crippen LogP contribution in [0, 0.1) is 6.92 Å². The summed E-state index contributed by atoms with van der Waals surface area (Å²) in [5, 5.41) is 16.5. The summed E-state index contributed by atoms with van der Waals surface area (Å²) in [5.41, 5.74) is 14.5. The smallest absolute Gasteiger partial charge is 0.294 e. The lowest BCUT2D eigenvalue weighted by molar-refractivity contribution is 0.0222. The van der Waals surface area contributed by atoms with E-state index in [-0.39, 0.29) is 18.1 Å². The van der Waals surface area contributed by atoms with E-state index in [0.717, 1.165) is 5.56 Å². The van der Waals surface area contributed by atoms with Crippen LogP contribution in [0.2, 0.25) is 0 Å². The van der Waals surface area contributed by atoms with E-state index in [2.05, 4.69) is 0 Å². The van der Waals surface area contributed by atoms with Gasteiger partial charge in [-0.2, -0.15) is 8.42 Å². The number of hydrogen-bond donors (Lipinski definition) is 3. The third-order valence-electron chi connectivity index (χ3n) is 2.16. The second-order valence-corrected chi connectivity index (χ2v) is 5.47. The quantitative estimate of drug-likeness (QED) is 0.204. The van der Waals surface area contributed by atoms with Crippen LogP contribution < -0.4 is 0 Å². The molecule has 0 atom stereocenters. The van der Waals surface area contributed by atoms with Crippen LogP contribution in [-0.2, 0) is 19.6 Å². The van der Waals surface area contributed by atoms with Crippen molar-refractivity contribution in [1.82, 2.24) is 0 Å². The maximum Gasteiger partial charge on any atom is 0.294 e. The van der Waals surface area contributed by atoms with Crippen LogP contribution >= 0.6 is 0 Å². The Bertz CT molecular complexity index is 535. The Hall–Kier alpha value is -1.72. The molecule has 0 saturated heterocycles. The summed E-state index contributed by atoms with van der Waals surface area (Å²) in [7, 11) is -4.02. The standard InChI is InChI=1S/C7H8O3S.C6H14O4.N3/c1-6-2-4-7(5-3-6)11(8,9)10;7-1-3-9-5-6-10-4-2-8;1-3-2/h2-5H,1H3,(H,8,9,10);7-8H,1-6H2;/q;;-1. The summed E-state index contributed by atoms with van der Waals surface area (Å²) >= 11 is 0. The Labute approximate surface area is 140 Å². The molecule has 0 unspecified atom stereocenters. The fourth-order valence-electron chi connectivity index (χ4n) is 1.16. The fourth-order valence-corrected chi connectivity index (χ4v) is 1.64. The zero-order chi connectivity index (χ0) is 18.8. The normalized spacial score (nSPS) is 9.83. The van der Waals surface area contributed by atoms with E-state index in [1.54, 1.807) is 12.1 Å². The molecule has 1 aromatic rings. The van der Waals surface area contributed by atoms with Gasteiger partial charge in [0.1, 0.15) is 0 Å². The number of benzene rings is 1. The zero-order valence-corrected chi connectivity index (χ0v) is 14.1. The number of ether oxygens (including phenoxy) is 2. The van der Waals surface area contributed by atoms with Crippen LogP contribution in [-0.4, -0.2) is 62.8 Å². The lowest BCUT2D eigenvalue weighted by Crippen LogP contribution is -2.09. The first kappa shape index (κ1) is 24.5. The maximum absolute atomic E-state index is 10.5. The van der Waals surface area contributed by atoms with Crippen molar-refractivity contribution in [3.63, 3.8) is 0 Å². The van der Waals surface area contributed by atoms with Gasteiger partial charge in [-0.1, -0.05) is 17.7 Å². The predicted octanol–water partition coefficient (Wildman–Crippen LogP) is 1.11. The highest BCUT2D eigenvalue weighted by molar-refractivity contribution is 7.85. The monoisotopic (exact) mass is 364 g/mol. The van der Waals surface area contributed by atoms with Gasteiger partial charge in [0.2, 0.25) is 0 Å². The average molecular weight is 364 g/mol. The van der Waals surface area contributed by atoms with Gasteiger partial charge in [-0.25, -0.2) is 0 Å². The molecule has 0 aromatic heterocycles. The summed E-state index contributed by atoms with van der Waals surface area (Å²) < 4.78 is 39.3. The van der Waals surface area contributed by atoms with Crippen molar-refractivity contribution in [2.24, 2.45) is 0 Å². The molecule has 11 heteroatoms. The van der Waals surface area contributed by atoms with Gasteiger partial charge in [-0.05, 0) is 19.1 Å². The average Bonchev–Trinajstić information content (AvgIpc) is 2.52. The van der Waals surface area contributed by atoms with Crippen LogP contribution in [0.5, 0.6) is 0 Å². The van der Waals surface area contributed by atoms with Gasteiger partial charge in [-0.15, -0.1) is 0 Å². The minimum Gasteiger partial charge on any atom is -0.394 e. The van der Waals surface area contributed by atoms with Crippen molar-refractivity contribution in [3.05, 3.63) is 45.8 Å². The molecule has 24 heavy (non-hydrogen) atoms. The van der Waals surface area contributed by atoms with Crippen molar-refractivity contribution in [1.29, 1.82) is 0 Å². The molecule has 1 rings (SSSR count). The molecule has 1 aromatic carbocycles. The molecule has 0 spiro atoms. The number of aliphatic hydroxyl groups excluding tert-OH is 2. The minimum absolute atomic E-state index is 0.0417. The third-order valence-corrected chi connectivity index (χ3v) is 3.03. The highest BCUT2D eigenvalue weighted by atomic mass is 32.2. The van der Waals surface area contributed by atoms with E-state index < -0.39 is 10.1 Å². The van der Waals surface area contributed by atoms with E-state index in [4.69, 9.17) is 35.3 Å². The van der Waals surface area contributed by atoms with E-state index in [1.807, 2.05) is 6.92 Å². The lowest BCUT2D eigenvalue weighted by Gasteiger charge is -2.01. The Balaban J connectivity index is 0. The molecule has 0 aliphatic heterocycles. The largest absolute Gasteiger partial charge is 0.394 e. The van der Waals surface area contributed by atoms with Gasteiger partial charge in [0.25, 0.3) is 10.1 Å². The Morgan fingerprint density at radius 2 is 1.33 bits per heavy atom. The molecular formula is C13H22N3O7S-. The molecule has 0 aliphatic carbocycles. The first-order valence-corrected chi connectivity index (χ1v) is 8.17. The predicted molar refractivity (Wildman–Crippen MR) is 86.9 cm³/mol. The molecule has 0 amide bonds. The summed E-state index contributed by atoms with van der Waals surface area (Å²) in [6.45, 7) is 3.57. The van der Waals surface area contributed by atoms with Crippen molar-refractivity contribution in [3.8, 4) is 0 Å². The first-order chi connectivity index (χ1) is 11.3. The van der Waals surface area contributed by atoms with Crippen LogP contribution in [0.4, 0.5) is 0 Å². The van der Waals surface area contributed by atoms with E-state index in [9.17, 15) is 8.42 Å². The van der Waals surface area contributed by atoms with Gasteiger partial charge >= 0.3 is 0 Å². The van der Waals surface area contributed by atoms with Crippen molar-refractivity contribution in [2.75, 3.05) is 39.6 Å². The molecule has 10 nitrogen and oxygen atoms in total. The minimum atomic E-state index is -4.02. The van der Waals surface area contributed by atoms with Crippen molar-refractivity contribution < 1.29 is 32.7 Å². The van der Waals surface area contributed by atoms with Gasteiger partial charge in [0, 0.05) is 0 Å². The Morgan fingerprint density at radius 1 is 0.958 bits per heavy atom. The molecule has 0 radical (unpaired) electrons. The molecule has 0 bridgehead atoms. The van der Waals surface area contributed by atoms with Gasteiger partial charge in [0.05, 0.1) is 44.5 Å². The third kappa shape index (κ3) is 16.6. The lowest BCUT2D eigenvalue weighted by atomic mass is 10.2. The molecule has 0 saturated carbocycles. The highest BCUT2D eigenvalue weighted by Gasteiger charge is 2.06. The Morgan fingerprint density at radius 3 is 1.62 bits per heavy atom. The molecule has 0 aliphatic rings. The van der Waals surface area contributed by atoms with E-state index >= 15 is 0 Å². The summed E-state index contributed by atoms with van der Waals surface area (Å²) in [6, 6.07) is 5.99. The SMILES string of the molecule is Cc1ccc(S(=O)(=O)O)cc1.OCCOCCOCCO.[N-]=[N+]=[N-]. The molecule has 138 valence electrons. The topological polar surface area (TPSA) is 172 Å². The summed E-state index contributed by atoms with van der Waals surface area (Å²) in [4.78, 5) is 1.43. The number of rotatable bonds is 8. The van der Waals surface area contributed by atoms with Gasteiger partial charge < -0.3 is 30.7 Å². The van der Waals surface area contributed by atoms with Crippen molar-refractivity contribution >= 4 is 10.1 Å². The van der Waals surface area contributed by atoms with Crippen LogP contribution in [0.1, 0.15) is 5.56 Å². The maximum atomic E-state index is 10.5. The first-order valence-electron chi connectivity index (χ1n) is 6.73. The number of aliphatic hydroxyl groups is 2. The second-order valence-electron chi connectivity index (χ2n) is 4.05. The van der Waals surface area contributed by atoms with E-state index in [0.29, 0.717) is 26.4 Å². The van der Waals surface area contributed by atoms with Crippen molar-refractivity contribution in [2.45, 2.75) is 11.8 Å². The number of nitrogens with zero attached hydrogens (tertiary/aromatic N) is 3. The molecule has 0 heterocycles. The molecule has 0 fully saturated rings. The van der Waals surface area contributed by atoms with Crippen LogP contribution in [0.25, 0.3) is 16.0 Å². The Kier molecular flexibility index (Phi) is 16.5. The zero-order valence-electron chi connectivity index (χ0n) is 13.3. The molecular weight excluding hydrogens is 342 g/mol. The van der Waals surface area contributed by atoms with Gasteiger partial charge in [0.15, 0.2) is 0 Å². The molecule has 3 N–H and O–H groups in total. The number of hydrogen-bond acceptors (Lipinski definition) is 6. The second kappa shape index (κ2) is 16.1.